The first-order chi connectivity index (χ1) is 10.0. The van der Waals surface area contributed by atoms with E-state index in [1.165, 1.54) is 0 Å². The largest absolute Gasteiger partial charge is 0.293 e. The fourth-order valence-corrected chi connectivity index (χ4v) is 4.00. The molecule has 0 fully saturated rings. The topological polar surface area (TPSA) is 17.8 Å². The zero-order valence-corrected chi connectivity index (χ0v) is 15.6. The number of rotatable bonds is 2. The summed E-state index contributed by atoms with van der Waals surface area (Å²) in [7, 11) is 0. The van der Waals surface area contributed by atoms with Gasteiger partial charge in [0.2, 0.25) is 0 Å². The van der Waals surface area contributed by atoms with Gasteiger partial charge in [-0.1, -0.05) is 23.7 Å². The van der Waals surface area contributed by atoms with Crippen molar-refractivity contribution in [1.29, 1.82) is 0 Å². The average Bonchev–Trinajstić information content (AvgIpc) is 2.80. The highest BCUT2D eigenvalue weighted by Gasteiger charge is 2.20. The third-order valence-electron chi connectivity index (χ3n) is 3.18. The molecule has 0 saturated heterocycles. The summed E-state index contributed by atoms with van der Waals surface area (Å²) in [5, 5.41) is 0.375. The van der Waals surface area contributed by atoms with Crippen LogP contribution in [0, 0.1) is 0 Å². The highest BCUT2D eigenvalue weighted by molar-refractivity contribution is 9.11. The first-order valence-corrected chi connectivity index (χ1v) is 8.66. The van der Waals surface area contributed by atoms with Crippen LogP contribution in [0.3, 0.4) is 0 Å². The minimum absolute atomic E-state index is 0.243. The van der Waals surface area contributed by atoms with Gasteiger partial charge in [0.05, 0.1) is 21.6 Å². The number of hydrogen-bond donors (Lipinski definition) is 0. The minimum atomic E-state index is -0.243. The molecule has 3 rings (SSSR count). The summed E-state index contributed by atoms with van der Waals surface area (Å²) in [6.07, 6.45) is 0. The summed E-state index contributed by atoms with van der Waals surface area (Å²) < 4.78 is 3.94. The summed E-state index contributed by atoms with van der Waals surface area (Å²) in [5.74, 6) is 0.757. The van der Waals surface area contributed by atoms with Crippen LogP contribution in [0.1, 0.15) is 18.1 Å². The normalized spacial score (nSPS) is 12.8. The van der Waals surface area contributed by atoms with Gasteiger partial charge < -0.3 is 0 Å². The fraction of sp³-hybridized carbons (Fsp3) is 0.133. The highest BCUT2D eigenvalue weighted by atomic mass is 79.9. The van der Waals surface area contributed by atoms with Gasteiger partial charge in [0.15, 0.2) is 0 Å². The van der Waals surface area contributed by atoms with Crippen molar-refractivity contribution in [2.75, 3.05) is 0 Å². The molecule has 3 aromatic rings. The Hall–Kier alpha value is -0.550. The van der Waals surface area contributed by atoms with Gasteiger partial charge in [-0.15, -0.1) is 11.6 Å². The van der Waals surface area contributed by atoms with Gasteiger partial charge in [-0.05, 0) is 63.0 Å². The van der Waals surface area contributed by atoms with Crippen LogP contribution in [0.2, 0.25) is 5.02 Å². The SMILES string of the molecule is CC(Cl)c1nc2c(Cl)cccc2n1-c1c(Br)cccc1Br. The van der Waals surface area contributed by atoms with Gasteiger partial charge >= 0.3 is 0 Å². The molecule has 0 bridgehead atoms. The Morgan fingerprint density at radius 2 is 1.71 bits per heavy atom. The van der Waals surface area contributed by atoms with Crippen molar-refractivity contribution in [3.05, 3.63) is 56.2 Å². The Morgan fingerprint density at radius 3 is 2.33 bits per heavy atom. The number of halogens is 4. The number of hydrogen-bond acceptors (Lipinski definition) is 1. The van der Waals surface area contributed by atoms with Gasteiger partial charge in [-0.2, -0.15) is 0 Å². The molecule has 0 aliphatic carbocycles. The molecule has 6 heteroatoms. The molecule has 1 unspecified atom stereocenters. The van der Waals surface area contributed by atoms with Crippen molar-refractivity contribution in [2.45, 2.75) is 12.3 Å². The zero-order valence-electron chi connectivity index (χ0n) is 10.9. The van der Waals surface area contributed by atoms with E-state index < -0.39 is 0 Å². The van der Waals surface area contributed by atoms with Crippen LogP contribution in [0.15, 0.2) is 45.3 Å². The van der Waals surface area contributed by atoms with Gasteiger partial charge in [0.1, 0.15) is 11.3 Å². The van der Waals surface area contributed by atoms with E-state index in [2.05, 4.69) is 36.8 Å². The summed E-state index contributed by atoms with van der Waals surface area (Å²) in [4.78, 5) is 4.63. The van der Waals surface area contributed by atoms with E-state index in [-0.39, 0.29) is 5.38 Å². The van der Waals surface area contributed by atoms with E-state index >= 15 is 0 Å². The molecule has 108 valence electrons. The molecule has 0 spiro atoms. The maximum absolute atomic E-state index is 6.33. The van der Waals surface area contributed by atoms with Crippen molar-refractivity contribution >= 4 is 66.1 Å². The Kier molecular flexibility index (Phi) is 4.33. The molecule has 0 radical (unpaired) electrons. The quantitative estimate of drug-likeness (QED) is 0.409. The van der Waals surface area contributed by atoms with Crippen LogP contribution in [-0.2, 0) is 0 Å². The van der Waals surface area contributed by atoms with Crippen LogP contribution in [0.5, 0.6) is 0 Å². The van der Waals surface area contributed by atoms with Crippen LogP contribution in [-0.4, -0.2) is 9.55 Å². The first-order valence-electron chi connectivity index (χ1n) is 6.26. The third kappa shape index (κ3) is 2.63. The number of para-hydroxylation sites is 2. The molecular weight excluding hydrogens is 439 g/mol. The lowest BCUT2D eigenvalue weighted by Crippen LogP contribution is -2.03. The van der Waals surface area contributed by atoms with E-state index in [9.17, 15) is 0 Å². The van der Waals surface area contributed by atoms with Gasteiger partial charge in [0.25, 0.3) is 0 Å². The predicted molar refractivity (Wildman–Crippen MR) is 95.7 cm³/mol. The Balaban J connectivity index is 2.46. The molecule has 1 heterocycles. The maximum Gasteiger partial charge on any atom is 0.132 e. The van der Waals surface area contributed by atoms with E-state index in [0.717, 1.165) is 31.5 Å². The van der Waals surface area contributed by atoms with Crippen molar-refractivity contribution in [3.63, 3.8) is 0 Å². The maximum atomic E-state index is 6.33. The summed E-state index contributed by atoms with van der Waals surface area (Å²) in [6.45, 7) is 1.90. The van der Waals surface area contributed by atoms with Crippen LogP contribution in [0.25, 0.3) is 16.7 Å². The number of imidazole rings is 1. The van der Waals surface area contributed by atoms with Crippen LogP contribution < -0.4 is 0 Å². The van der Waals surface area contributed by atoms with Crippen molar-refractivity contribution in [3.8, 4) is 5.69 Å². The van der Waals surface area contributed by atoms with Gasteiger partial charge in [-0.3, -0.25) is 4.57 Å². The second-order valence-corrected chi connectivity index (χ2v) is 7.37. The van der Waals surface area contributed by atoms with Crippen molar-refractivity contribution < 1.29 is 0 Å². The second kappa shape index (κ2) is 5.92. The van der Waals surface area contributed by atoms with Crippen molar-refractivity contribution in [1.82, 2.24) is 9.55 Å². The molecule has 0 saturated carbocycles. The highest BCUT2D eigenvalue weighted by Crippen LogP contribution is 2.37. The molecule has 2 aromatic carbocycles. The predicted octanol–water partition coefficient (Wildman–Crippen LogP) is 6.50. The Morgan fingerprint density at radius 1 is 1.10 bits per heavy atom. The van der Waals surface area contributed by atoms with E-state index in [0.29, 0.717) is 5.02 Å². The van der Waals surface area contributed by atoms with Gasteiger partial charge in [-0.25, -0.2) is 4.98 Å². The average molecular weight is 449 g/mol. The zero-order chi connectivity index (χ0) is 15.1. The number of aromatic nitrogens is 2. The lowest BCUT2D eigenvalue weighted by molar-refractivity contribution is 0.878. The third-order valence-corrected chi connectivity index (χ3v) is 4.96. The molecule has 2 nitrogen and oxygen atoms in total. The monoisotopic (exact) mass is 446 g/mol. The number of benzene rings is 2. The molecule has 21 heavy (non-hydrogen) atoms. The van der Waals surface area contributed by atoms with E-state index in [4.69, 9.17) is 23.2 Å². The Bertz CT molecular complexity index is 808. The van der Waals surface area contributed by atoms with E-state index in [1.807, 2.05) is 47.9 Å². The summed E-state index contributed by atoms with van der Waals surface area (Å²) in [6, 6.07) is 11.7. The molecular formula is C15H10Br2Cl2N2. The van der Waals surface area contributed by atoms with Crippen LogP contribution in [0.4, 0.5) is 0 Å². The lowest BCUT2D eigenvalue weighted by atomic mass is 10.2. The van der Waals surface area contributed by atoms with E-state index in [1.54, 1.807) is 0 Å². The molecule has 0 aliphatic rings. The minimum Gasteiger partial charge on any atom is -0.293 e. The van der Waals surface area contributed by atoms with Crippen molar-refractivity contribution in [2.24, 2.45) is 0 Å². The molecule has 1 aromatic heterocycles. The first kappa shape index (κ1) is 15.3. The summed E-state index contributed by atoms with van der Waals surface area (Å²) >= 11 is 19.8. The molecule has 0 N–H and O–H groups in total. The Labute approximate surface area is 149 Å². The fourth-order valence-electron chi connectivity index (χ4n) is 2.29. The molecule has 0 amide bonds. The molecule has 1 atom stereocenters. The summed E-state index contributed by atoms with van der Waals surface area (Å²) in [5.41, 5.74) is 2.65. The number of alkyl halides is 1. The number of fused-ring (bicyclic) bond motifs is 1. The number of nitrogens with zero attached hydrogens (tertiary/aromatic N) is 2. The smallest absolute Gasteiger partial charge is 0.132 e. The van der Waals surface area contributed by atoms with Gasteiger partial charge in [0, 0.05) is 8.95 Å². The second-order valence-electron chi connectivity index (χ2n) is 4.60. The lowest BCUT2D eigenvalue weighted by Gasteiger charge is -2.14. The standard InChI is InChI=1S/C15H10Br2Cl2N2/c1-8(18)15-20-13-11(19)6-3-7-12(13)21(15)14-9(16)4-2-5-10(14)17/h2-8H,1H3. The molecule has 0 aliphatic heterocycles. The van der Waals surface area contributed by atoms with Crippen LogP contribution >= 0.6 is 55.1 Å².